The molecule has 1 atom stereocenters. The number of nitrogens with zero attached hydrogens (tertiary/aromatic N) is 2. The molecule has 0 bridgehead atoms. The van der Waals surface area contributed by atoms with Crippen LogP contribution in [-0.2, 0) is 0 Å². The Labute approximate surface area is 113 Å². The lowest BCUT2D eigenvalue weighted by Gasteiger charge is -2.17. The van der Waals surface area contributed by atoms with Crippen molar-refractivity contribution in [1.29, 1.82) is 0 Å². The molecule has 0 fully saturated rings. The molecule has 0 radical (unpaired) electrons. The van der Waals surface area contributed by atoms with Crippen molar-refractivity contribution >= 4 is 0 Å². The summed E-state index contributed by atoms with van der Waals surface area (Å²) in [5.41, 5.74) is 1.27. The van der Waals surface area contributed by atoms with E-state index in [1.165, 1.54) is 0 Å². The maximum Gasteiger partial charge on any atom is 0.268 e. The smallest absolute Gasteiger partial charge is 0.254 e. The number of hydrogen-bond acceptors (Lipinski definition) is 2. The van der Waals surface area contributed by atoms with Crippen LogP contribution in [0.3, 0.4) is 0 Å². The number of benzene rings is 1. The van der Waals surface area contributed by atoms with Crippen LogP contribution in [0.15, 0.2) is 54.7 Å². The normalized spacial score (nSPS) is 13.0. The summed E-state index contributed by atoms with van der Waals surface area (Å²) in [7, 11) is 0. The molecule has 0 N–H and O–H groups in total. The van der Waals surface area contributed by atoms with E-state index in [9.17, 15) is 4.91 Å². The maximum absolute atomic E-state index is 12.6. The molecule has 98 valence electrons. The van der Waals surface area contributed by atoms with E-state index in [-0.39, 0.29) is 6.04 Å². The molecule has 19 heavy (non-hydrogen) atoms. The minimum Gasteiger partial charge on any atom is -0.254 e. The van der Waals surface area contributed by atoms with Crippen molar-refractivity contribution in [2.24, 2.45) is 0 Å². The van der Waals surface area contributed by atoms with E-state index in [4.69, 9.17) is 0 Å². The van der Waals surface area contributed by atoms with Gasteiger partial charge in [0.15, 0.2) is 0 Å². The van der Waals surface area contributed by atoms with Gasteiger partial charge in [0.2, 0.25) is 5.54 Å². The summed E-state index contributed by atoms with van der Waals surface area (Å²) in [4.78, 5) is 17.0. The van der Waals surface area contributed by atoms with Gasteiger partial charge < -0.3 is 0 Å². The highest BCUT2D eigenvalue weighted by Crippen LogP contribution is 2.28. The number of rotatable bonds is 3. The minimum absolute atomic E-state index is 0.373. The SMILES string of the molecule is CC(C)(C)[N+](=O)[C@H](c1ccccc1)c1ccccn1. The predicted octanol–water partition coefficient (Wildman–Crippen LogP) is 3.75. The summed E-state index contributed by atoms with van der Waals surface area (Å²) in [6, 6.07) is 15.1. The molecule has 1 heterocycles. The van der Waals surface area contributed by atoms with Gasteiger partial charge in [-0.15, -0.1) is 0 Å². The molecule has 0 aliphatic carbocycles. The maximum atomic E-state index is 12.6. The molecule has 0 unspecified atom stereocenters. The van der Waals surface area contributed by atoms with Crippen LogP contribution in [0.4, 0.5) is 0 Å². The van der Waals surface area contributed by atoms with Gasteiger partial charge in [-0.25, -0.2) is 0 Å². The molecule has 0 spiro atoms. The van der Waals surface area contributed by atoms with Crippen LogP contribution in [0.1, 0.15) is 38.1 Å². The Balaban J connectivity index is 2.49. The second-order valence-corrected chi connectivity index (χ2v) is 5.56. The van der Waals surface area contributed by atoms with Crippen molar-refractivity contribution < 1.29 is 4.76 Å². The van der Waals surface area contributed by atoms with Crippen molar-refractivity contribution in [3.63, 3.8) is 0 Å². The Morgan fingerprint density at radius 2 is 1.63 bits per heavy atom. The fourth-order valence-corrected chi connectivity index (χ4v) is 1.99. The van der Waals surface area contributed by atoms with Crippen LogP contribution < -0.4 is 0 Å². The largest absolute Gasteiger partial charge is 0.268 e. The van der Waals surface area contributed by atoms with Crippen LogP contribution in [0.25, 0.3) is 0 Å². The highest BCUT2D eigenvalue weighted by molar-refractivity contribution is 5.25. The second kappa shape index (κ2) is 5.31. The molecule has 0 aliphatic heterocycles. The highest BCUT2D eigenvalue weighted by atomic mass is 16.3. The zero-order valence-electron chi connectivity index (χ0n) is 11.6. The van der Waals surface area contributed by atoms with Gasteiger partial charge in [-0.05, 0) is 12.1 Å². The number of aromatic nitrogens is 1. The average Bonchev–Trinajstić information content (AvgIpc) is 2.40. The lowest BCUT2D eigenvalue weighted by Crippen LogP contribution is -2.35. The van der Waals surface area contributed by atoms with Crippen molar-refractivity contribution in [2.45, 2.75) is 32.4 Å². The Bertz CT molecular complexity index is 504. The van der Waals surface area contributed by atoms with Gasteiger partial charge in [0.1, 0.15) is 5.69 Å². The number of hydrogen-bond donors (Lipinski definition) is 0. The summed E-state index contributed by atoms with van der Waals surface area (Å²) in [5.74, 6) is 0. The monoisotopic (exact) mass is 255 g/mol. The standard InChI is InChI=1S/C16H19N2O/c1-16(2,3)18(19)15(13-9-5-4-6-10-13)14-11-7-8-12-17-14/h4-12,15H,1-3H3/q+1/t15-/m1/s1. The molecule has 1 aromatic carbocycles. The molecule has 0 aliphatic rings. The van der Waals surface area contributed by atoms with Crippen molar-refractivity contribution in [3.05, 3.63) is 70.9 Å². The lowest BCUT2D eigenvalue weighted by atomic mass is 9.98. The van der Waals surface area contributed by atoms with Gasteiger partial charge >= 0.3 is 0 Å². The molecule has 2 rings (SSSR count). The summed E-state index contributed by atoms with van der Waals surface area (Å²) >= 11 is 0. The van der Waals surface area contributed by atoms with Gasteiger partial charge in [-0.1, -0.05) is 36.4 Å². The average molecular weight is 255 g/mol. The van der Waals surface area contributed by atoms with E-state index >= 15 is 0 Å². The van der Waals surface area contributed by atoms with Crippen molar-refractivity contribution in [3.8, 4) is 0 Å². The highest BCUT2D eigenvalue weighted by Gasteiger charge is 2.39. The molecule has 3 heteroatoms. The van der Waals surface area contributed by atoms with Crippen LogP contribution in [0.2, 0.25) is 0 Å². The van der Waals surface area contributed by atoms with Crippen LogP contribution in [-0.4, -0.2) is 15.3 Å². The summed E-state index contributed by atoms with van der Waals surface area (Å²) < 4.78 is 1.12. The van der Waals surface area contributed by atoms with E-state index in [0.717, 1.165) is 16.0 Å². The Hall–Kier alpha value is -2.03. The molecule has 0 saturated carbocycles. The first kappa shape index (κ1) is 13.4. The molecular formula is C16H19N2O+. The Morgan fingerprint density at radius 3 is 2.16 bits per heavy atom. The third-order valence-electron chi connectivity index (χ3n) is 2.98. The third kappa shape index (κ3) is 3.05. The quantitative estimate of drug-likeness (QED) is 0.782. The van der Waals surface area contributed by atoms with Crippen molar-refractivity contribution in [2.75, 3.05) is 0 Å². The van der Waals surface area contributed by atoms with Gasteiger partial charge in [-0.2, -0.15) is 0 Å². The summed E-state index contributed by atoms with van der Waals surface area (Å²) in [5, 5.41) is 0. The van der Waals surface area contributed by atoms with E-state index in [1.54, 1.807) is 6.20 Å². The number of pyridine rings is 1. The molecule has 2 aromatic rings. The first-order chi connectivity index (χ1) is 9.00. The lowest BCUT2D eigenvalue weighted by molar-refractivity contribution is -0.646. The van der Waals surface area contributed by atoms with Crippen LogP contribution >= 0.6 is 0 Å². The molecular weight excluding hydrogens is 236 g/mol. The first-order valence-electron chi connectivity index (χ1n) is 6.42. The van der Waals surface area contributed by atoms with Gasteiger partial charge in [0.25, 0.3) is 6.04 Å². The molecule has 0 saturated heterocycles. The molecule has 3 nitrogen and oxygen atoms in total. The predicted molar refractivity (Wildman–Crippen MR) is 75.9 cm³/mol. The van der Waals surface area contributed by atoms with Crippen molar-refractivity contribution in [1.82, 2.24) is 4.98 Å². The van der Waals surface area contributed by atoms with E-state index in [2.05, 4.69) is 4.98 Å². The van der Waals surface area contributed by atoms with E-state index < -0.39 is 5.54 Å². The fourth-order valence-electron chi connectivity index (χ4n) is 1.99. The van der Waals surface area contributed by atoms with Gasteiger partial charge in [0, 0.05) is 42.2 Å². The van der Waals surface area contributed by atoms with Gasteiger partial charge in [-0.3, -0.25) is 4.98 Å². The first-order valence-corrected chi connectivity index (χ1v) is 6.42. The van der Waals surface area contributed by atoms with E-state index in [1.807, 2.05) is 69.3 Å². The Kier molecular flexibility index (Phi) is 3.74. The molecule has 0 amide bonds. The topological polar surface area (TPSA) is 33.0 Å². The Morgan fingerprint density at radius 1 is 1.00 bits per heavy atom. The zero-order chi connectivity index (χ0) is 13.9. The zero-order valence-corrected chi connectivity index (χ0v) is 11.6. The minimum atomic E-state index is -0.474. The molecule has 1 aromatic heterocycles. The van der Waals surface area contributed by atoms with E-state index in [0.29, 0.717) is 0 Å². The van der Waals surface area contributed by atoms with Gasteiger partial charge in [0.05, 0.1) is 0 Å². The third-order valence-corrected chi connectivity index (χ3v) is 2.98. The summed E-state index contributed by atoms with van der Waals surface area (Å²) in [6.45, 7) is 5.75. The number of nitroso groups, excluding NO2 is 1. The second-order valence-electron chi connectivity index (χ2n) is 5.56. The van der Waals surface area contributed by atoms with Crippen LogP contribution in [0, 0.1) is 4.91 Å². The van der Waals surface area contributed by atoms with Crippen LogP contribution in [0.5, 0.6) is 0 Å². The summed E-state index contributed by atoms with van der Waals surface area (Å²) in [6.07, 6.45) is 1.72. The fraction of sp³-hybridized carbons (Fsp3) is 0.312.